The Morgan fingerprint density at radius 1 is 1.36 bits per heavy atom. The molecule has 0 radical (unpaired) electrons. The summed E-state index contributed by atoms with van der Waals surface area (Å²) in [6, 6.07) is 1.47. The Labute approximate surface area is 155 Å². The molecule has 0 saturated carbocycles. The van der Waals surface area contributed by atoms with Crippen LogP contribution in [0.2, 0.25) is 0 Å². The Balaban J connectivity index is 2.01. The van der Waals surface area contributed by atoms with Crippen molar-refractivity contribution >= 4 is 45.2 Å². The lowest BCUT2D eigenvalue weighted by atomic mass is 10.0. The van der Waals surface area contributed by atoms with Gasteiger partial charge in [0.2, 0.25) is 5.91 Å². The average molecular weight is 382 g/mol. The van der Waals surface area contributed by atoms with Gasteiger partial charge < -0.3 is 10.1 Å². The molecule has 2 heterocycles. The number of fused-ring (bicyclic) bond motifs is 1. The quantitative estimate of drug-likeness (QED) is 0.430. The number of nitrogens with one attached hydrogen (secondary N) is 1. The van der Waals surface area contributed by atoms with Gasteiger partial charge in [0.1, 0.15) is 22.2 Å². The van der Waals surface area contributed by atoms with Gasteiger partial charge in [0.25, 0.3) is 0 Å². The summed E-state index contributed by atoms with van der Waals surface area (Å²) in [5.74, 6) is -0.160. The van der Waals surface area contributed by atoms with Crippen LogP contribution in [0, 0.1) is 5.92 Å². The smallest absolute Gasteiger partial charge is 0.328 e. The predicted octanol–water partition coefficient (Wildman–Crippen LogP) is 3.05. The van der Waals surface area contributed by atoms with E-state index in [0.29, 0.717) is 6.42 Å². The van der Waals surface area contributed by atoms with Crippen molar-refractivity contribution in [3.05, 3.63) is 17.3 Å². The second-order valence-corrected chi connectivity index (χ2v) is 8.10. The number of ether oxygens (including phenoxy) is 1. The van der Waals surface area contributed by atoms with E-state index in [4.69, 9.17) is 4.74 Å². The first kappa shape index (κ1) is 19.7. The van der Waals surface area contributed by atoms with Gasteiger partial charge in [0.05, 0.1) is 12.9 Å². The maximum absolute atomic E-state index is 12.2. The van der Waals surface area contributed by atoms with Gasteiger partial charge in [-0.25, -0.2) is 14.8 Å². The van der Waals surface area contributed by atoms with E-state index in [-0.39, 0.29) is 17.6 Å². The number of methoxy groups -OCH3 is 1. The first-order valence-electron chi connectivity index (χ1n) is 8.18. The van der Waals surface area contributed by atoms with Gasteiger partial charge >= 0.3 is 5.97 Å². The summed E-state index contributed by atoms with van der Waals surface area (Å²) < 4.78 is 4.77. The van der Waals surface area contributed by atoms with Gasteiger partial charge in [0.15, 0.2) is 0 Å². The standard InChI is InChI=1S/C17H23N3O3S2/c1-5-11-7-12-15(18-9-19-16(12)25-11)24-8-14(21)20-13(6-10(2)3)17(22)23-4/h7,9-10,13H,5-6,8H2,1-4H3,(H,20,21)/t13-/m0/s1. The summed E-state index contributed by atoms with van der Waals surface area (Å²) in [5, 5.41) is 4.53. The van der Waals surface area contributed by atoms with E-state index in [9.17, 15) is 9.59 Å². The molecule has 0 fully saturated rings. The normalized spacial score (nSPS) is 12.4. The van der Waals surface area contributed by atoms with Crippen molar-refractivity contribution in [2.45, 2.75) is 44.7 Å². The number of carbonyl (C=O) groups is 2. The third-order valence-corrected chi connectivity index (χ3v) is 5.75. The minimum absolute atomic E-state index is 0.189. The molecular weight excluding hydrogens is 358 g/mol. The van der Waals surface area contributed by atoms with E-state index in [1.54, 1.807) is 11.3 Å². The number of nitrogens with zero attached hydrogens (tertiary/aromatic N) is 2. The molecule has 0 unspecified atom stereocenters. The van der Waals surface area contributed by atoms with E-state index >= 15 is 0 Å². The maximum Gasteiger partial charge on any atom is 0.328 e. The second kappa shape index (κ2) is 9.15. The number of rotatable bonds is 8. The average Bonchev–Trinajstić information content (AvgIpc) is 3.02. The first-order valence-corrected chi connectivity index (χ1v) is 9.98. The molecule has 1 N–H and O–H groups in total. The fourth-order valence-corrected chi connectivity index (χ4v) is 4.15. The molecule has 1 atom stereocenters. The van der Waals surface area contributed by atoms with Crippen LogP contribution in [0.25, 0.3) is 10.2 Å². The Morgan fingerprint density at radius 3 is 2.76 bits per heavy atom. The number of carbonyl (C=O) groups excluding carboxylic acids is 2. The highest BCUT2D eigenvalue weighted by Crippen LogP contribution is 2.30. The molecule has 0 bridgehead atoms. The highest BCUT2D eigenvalue weighted by atomic mass is 32.2. The van der Waals surface area contributed by atoms with Crippen molar-refractivity contribution in [2.24, 2.45) is 5.92 Å². The van der Waals surface area contributed by atoms with Crippen molar-refractivity contribution in [2.75, 3.05) is 12.9 Å². The van der Waals surface area contributed by atoms with Crippen LogP contribution in [0.5, 0.6) is 0 Å². The van der Waals surface area contributed by atoms with Crippen LogP contribution in [0.3, 0.4) is 0 Å². The lowest BCUT2D eigenvalue weighted by Gasteiger charge is -2.18. The summed E-state index contributed by atoms with van der Waals surface area (Å²) in [6.07, 6.45) is 3.02. The lowest BCUT2D eigenvalue weighted by Crippen LogP contribution is -2.43. The van der Waals surface area contributed by atoms with E-state index in [2.05, 4.69) is 28.3 Å². The molecule has 2 rings (SSSR count). The zero-order valence-corrected chi connectivity index (χ0v) is 16.5. The number of aromatic nitrogens is 2. The molecule has 0 saturated heterocycles. The van der Waals surface area contributed by atoms with Gasteiger partial charge in [-0.3, -0.25) is 4.79 Å². The van der Waals surface area contributed by atoms with Gasteiger partial charge in [-0.1, -0.05) is 32.5 Å². The molecule has 0 aliphatic heterocycles. The Morgan fingerprint density at radius 2 is 2.12 bits per heavy atom. The number of hydrogen-bond donors (Lipinski definition) is 1. The summed E-state index contributed by atoms with van der Waals surface area (Å²) in [6.45, 7) is 6.09. The van der Waals surface area contributed by atoms with Crippen molar-refractivity contribution in [1.29, 1.82) is 0 Å². The zero-order valence-electron chi connectivity index (χ0n) is 14.9. The minimum Gasteiger partial charge on any atom is -0.467 e. The molecule has 0 aromatic carbocycles. The van der Waals surface area contributed by atoms with Crippen LogP contribution in [-0.4, -0.2) is 40.7 Å². The molecule has 0 aliphatic rings. The Bertz CT molecular complexity index is 746. The third kappa shape index (κ3) is 5.40. The zero-order chi connectivity index (χ0) is 18.4. The molecule has 0 spiro atoms. The number of amides is 1. The summed E-state index contributed by atoms with van der Waals surface area (Å²) in [4.78, 5) is 34.8. The predicted molar refractivity (Wildman–Crippen MR) is 101 cm³/mol. The van der Waals surface area contributed by atoms with Gasteiger partial charge in [-0.2, -0.15) is 0 Å². The van der Waals surface area contributed by atoms with E-state index < -0.39 is 12.0 Å². The molecule has 6 nitrogen and oxygen atoms in total. The second-order valence-electron chi connectivity index (χ2n) is 6.03. The number of aryl methyl sites for hydroxylation is 1. The highest BCUT2D eigenvalue weighted by molar-refractivity contribution is 8.00. The number of thiophene rings is 1. The molecule has 2 aromatic rings. The van der Waals surface area contributed by atoms with Crippen LogP contribution in [0.15, 0.2) is 17.4 Å². The molecule has 8 heteroatoms. The Hall–Kier alpha value is -1.67. The van der Waals surface area contributed by atoms with Crippen molar-refractivity contribution in [3.8, 4) is 0 Å². The third-order valence-electron chi connectivity index (χ3n) is 3.56. The fraction of sp³-hybridized carbons (Fsp3) is 0.529. The van der Waals surface area contributed by atoms with Crippen LogP contribution in [-0.2, 0) is 20.7 Å². The summed E-state index contributed by atoms with van der Waals surface area (Å²) >= 11 is 3.00. The van der Waals surface area contributed by atoms with E-state index in [1.165, 1.54) is 30.1 Å². The van der Waals surface area contributed by atoms with Crippen molar-refractivity contribution in [3.63, 3.8) is 0 Å². The highest BCUT2D eigenvalue weighted by Gasteiger charge is 2.22. The van der Waals surface area contributed by atoms with Crippen LogP contribution >= 0.6 is 23.1 Å². The van der Waals surface area contributed by atoms with Gasteiger partial charge in [-0.15, -0.1) is 11.3 Å². The number of esters is 1. The van der Waals surface area contributed by atoms with Crippen LogP contribution in [0.4, 0.5) is 0 Å². The molecular formula is C17H23N3O3S2. The number of hydrogen-bond acceptors (Lipinski definition) is 7. The fourth-order valence-electron chi connectivity index (χ4n) is 2.37. The van der Waals surface area contributed by atoms with E-state index in [0.717, 1.165) is 21.7 Å². The SMILES string of the molecule is CCc1cc2c(SCC(=O)N[C@@H](CC(C)C)C(=O)OC)ncnc2s1. The molecule has 136 valence electrons. The Kier molecular flexibility index (Phi) is 7.19. The van der Waals surface area contributed by atoms with Crippen molar-refractivity contribution < 1.29 is 14.3 Å². The number of thioether (sulfide) groups is 1. The molecule has 25 heavy (non-hydrogen) atoms. The lowest BCUT2D eigenvalue weighted by molar-refractivity contribution is -0.145. The topological polar surface area (TPSA) is 81.2 Å². The molecule has 2 aromatic heterocycles. The van der Waals surface area contributed by atoms with Gasteiger partial charge in [-0.05, 0) is 24.8 Å². The first-order chi connectivity index (χ1) is 11.9. The largest absolute Gasteiger partial charge is 0.467 e. The summed E-state index contributed by atoms with van der Waals surface area (Å²) in [5.41, 5.74) is 0. The summed E-state index contributed by atoms with van der Waals surface area (Å²) in [7, 11) is 1.33. The minimum atomic E-state index is -0.614. The molecule has 0 aliphatic carbocycles. The van der Waals surface area contributed by atoms with Gasteiger partial charge in [0, 0.05) is 10.3 Å². The molecule has 1 amide bonds. The maximum atomic E-state index is 12.2. The van der Waals surface area contributed by atoms with Crippen molar-refractivity contribution in [1.82, 2.24) is 15.3 Å². The van der Waals surface area contributed by atoms with Crippen LogP contribution in [0.1, 0.15) is 32.1 Å². The van der Waals surface area contributed by atoms with E-state index in [1.807, 2.05) is 13.8 Å². The van der Waals surface area contributed by atoms with Crippen LogP contribution < -0.4 is 5.32 Å². The monoisotopic (exact) mass is 381 g/mol.